The molecule has 0 saturated heterocycles. The first-order valence-electron chi connectivity index (χ1n) is 6.66. The van der Waals surface area contributed by atoms with E-state index in [1.165, 1.54) is 26.4 Å². The van der Waals surface area contributed by atoms with Gasteiger partial charge in [0.05, 0.1) is 19.8 Å². The molecule has 2 rings (SSSR count). The Balaban J connectivity index is 2.53. The molecule has 0 amide bonds. The fourth-order valence-corrected chi connectivity index (χ4v) is 2.22. The molecule has 0 N–H and O–H groups in total. The summed E-state index contributed by atoms with van der Waals surface area (Å²) in [5.41, 5.74) is 1.37. The van der Waals surface area contributed by atoms with Crippen molar-refractivity contribution in [3.8, 4) is 11.5 Å². The van der Waals surface area contributed by atoms with Crippen LogP contribution in [0.1, 0.15) is 28.4 Å². The van der Waals surface area contributed by atoms with E-state index in [4.69, 9.17) is 9.47 Å². The fraction of sp³-hybridized carbons (Fsp3) is 0.235. The molecule has 0 saturated carbocycles. The van der Waals surface area contributed by atoms with Gasteiger partial charge in [-0.1, -0.05) is 31.2 Å². The average molecular weight is 288 g/mol. The van der Waals surface area contributed by atoms with E-state index in [2.05, 4.69) is 0 Å². The molecular formula is C17H17FO3. The van der Waals surface area contributed by atoms with E-state index in [9.17, 15) is 9.18 Å². The molecule has 0 fully saturated rings. The Kier molecular flexibility index (Phi) is 4.58. The van der Waals surface area contributed by atoms with Crippen molar-refractivity contribution in [1.82, 2.24) is 0 Å². The summed E-state index contributed by atoms with van der Waals surface area (Å²) in [5.74, 6) is -0.388. The molecule has 0 spiro atoms. The van der Waals surface area contributed by atoms with Gasteiger partial charge < -0.3 is 9.47 Å². The second kappa shape index (κ2) is 6.39. The quantitative estimate of drug-likeness (QED) is 0.788. The highest BCUT2D eigenvalue weighted by atomic mass is 19.1. The molecule has 3 nitrogen and oxygen atoms in total. The summed E-state index contributed by atoms with van der Waals surface area (Å²) >= 11 is 0. The van der Waals surface area contributed by atoms with Crippen molar-refractivity contribution >= 4 is 5.78 Å². The molecule has 0 heterocycles. The number of ether oxygens (including phenoxy) is 2. The van der Waals surface area contributed by atoms with Gasteiger partial charge in [0, 0.05) is 11.6 Å². The van der Waals surface area contributed by atoms with Gasteiger partial charge in [-0.2, -0.15) is 0 Å². The first-order chi connectivity index (χ1) is 10.1. The van der Waals surface area contributed by atoms with Crippen LogP contribution in [0, 0.1) is 5.82 Å². The van der Waals surface area contributed by atoms with Gasteiger partial charge in [0.2, 0.25) is 0 Å². The maximum atomic E-state index is 14.2. The summed E-state index contributed by atoms with van der Waals surface area (Å²) in [6.07, 6.45) is 0.705. The number of hydrogen-bond acceptors (Lipinski definition) is 3. The van der Waals surface area contributed by atoms with Gasteiger partial charge in [-0.15, -0.1) is 0 Å². The number of rotatable bonds is 5. The molecule has 2 aromatic carbocycles. The predicted octanol–water partition coefficient (Wildman–Crippen LogP) is 3.64. The van der Waals surface area contributed by atoms with Crippen LogP contribution >= 0.6 is 0 Å². The minimum Gasteiger partial charge on any atom is -0.493 e. The topological polar surface area (TPSA) is 35.5 Å². The zero-order valence-electron chi connectivity index (χ0n) is 12.3. The largest absolute Gasteiger partial charge is 0.493 e. The summed E-state index contributed by atoms with van der Waals surface area (Å²) in [4.78, 5) is 12.6. The average Bonchev–Trinajstić information content (AvgIpc) is 2.53. The highest BCUT2D eigenvalue weighted by Gasteiger charge is 2.20. The standard InChI is InChI=1S/C17H17FO3/c1-4-11-7-5-6-8-12(11)17(19)13-9-15(20-2)16(21-3)10-14(13)18/h5-10H,4H2,1-3H3. The summed E-state index contributed by atoms with van der Waals surface area (Å²) in [7, 11) is 2.87. The molecule has 0 radical (unpaired) electrons. The Labute approximate surface area is 123 Å². The summed E-state index contributed by atoms with van der Waals surface area (Å²) in [6.45, 7) is 1.96. The van der Waals surface area contributed by atoms with Gasteiger partial charge in [-0.3, -0.25) is 4.79 Å². The maximum absolute atomic E-state index is 14.2. The second-order valence-corrected chi connectivity index (χ2v) is 4.53. The third-order valence-corrected chi connectivity index (χ3v) is 3.36. The maximum Gasteiger partial charge on any atom is 0.196 e. The van der Waals surface area contributed by atoms with Crippen molar-refractivity contribution in [3.63, 3.8) is 0 Å². The van der Waals surface area contributed by atoms with Gasteiger partial charge in [0.15, 0.2) is 17.3 Å². The van der Waals surface area contributed by atoms with Crippen LogP contribution in [0.5, 0.6) is 11.5 Å². The molecule has 110 valence electrons. The van der Waals surface area contributed by atoms with E-state index < -0.39 is 5.82 Å². The number of carbonyl (C=O) groups excluding carboxylic acids is 1. The SMILES string of the molecule is CCc1ccccc1C(=O)c1cc(OC)c(OC)cc1F. The van der Waals surface area contributed by atoms with Crippen molar-refractivity contribution < 1.29 is 18.7 Å². The van der Waals surface area contributed by atoms with E-state index in [0.717, 1.165) is 5.56 Å². The first kappa shape index (κ1) is 15.0. The number of benzene rings is 2. The smallest absolute Gasteiger partial charge is 0.196 e. The van der Waals surface area contributed by atoms with Gasteiger partial charge in [0.1, 0.15) is 5.82 Å². The normalized spacial score (nSPS) is 10.3. The number of ketones is 1. The minimum atomic E-state index is -0.622. The number of methoxy groups -OCH3 is 2. The molecule has 0 bridgehead atoms. The van der Waals surface area contributed by atoms with Crippen LogP contribution in [0.3, 0.4) is 0 Å². The van der Waals surface area contributed by atoms with Crippen molar-refractivity contribution in [2.45, 2.75) is 13.3 Å². The van der Waals surface area contributed by atoms with Crippen molar-refractivity contribution in [2.75, 3.05) is 14.2 Å². The summed E-state index contributed by atoms with van der Waals surface area (Å²) < 4.78 is 24.3. The highest BCUT2D eigenvalue weighted by Crippen LogP contribution is 2.31. The lowest BCUT2D eigenvalue weighted by molar-refractivity contribution is 0.103. The highest BCUT2D eigenvalue weighted by molar-refractivity contribution is 6.10. The Morgan fingerprint density at radius 3 is 2.29 bits per heavy atom. The lowest BCUT2D eigenvalue weighted by atomic mass is 9.96. The Morgan fingerprint density at radius 2 is 1.67 bits per heavy atom. The number of halogens is 1. The van der Waals surface area contributed by atoms with Crippen molar-refractivity contribution in [3.05, 3.63) is 58.9 Å². The van der Waals surface area contributed by atoms with Crippen LogP contribution in [0.15, 0.2) is 36.4 Å². The fourth-order valence-electron chi connectivity index (χ4n) is 2.22. The third-order valence-electron chi connectivity index (χ3n) is 3.36. The molecule has 4 heteroatoms. The van der Waals surface area contributed by atoms with E-state index in [1.807, 2.05) is 19.1 Å². The van der Waals surface area contributed by atoms with Gasteiger partial charge >= 0.3 is 0 Å². The van der Waals surface area contributed by atoms with Gasteiger partial charge in [0.25, 0.3) is 0 Å². The van der Waals surface area contributed by atoms with Gasteiger partial charge in [-0.25, -0.2) is 4.39 Å². The molecule has 0 aliphatic heterocycles. The predicted molar refractivity (Wildman–Crippen MR) is 78.8 cm³/mol. The van der Waals surface area contributed by atoms with Crippen LogP contribution in [0.25, 0.3) is 0 Å². The summed E-state index contributed by atoms with van der Waals surface area (Å²) in [6, 6.07) is 9.75. The van der Waals surface area contributed by atoms with Crippen LogP contribution in [0.2, 0.25) is 0 Å². The Bertz CT molecular complexity index is 665. The van der Waals surface area contributed by atoms with E-state index in [0.29, 0.717) is 17.7 Å². The molecule has 21 heavy (non-hydrogen) atoms. The van der Waals surface area contributed by atoms with Crippen molar-refractivity contribution in [2.24, 2.45) is 0 Å². The van der Waals surface area contributed by atoms with Crippen LogP contribution in [-0.4, -0.2) is 20.0 Å². The monoisotopic (exact) mass is 288 g/mol. The zero-order valence-corrected chi connectivity index (χ0v) is 12.3. The number of aryl methyl sites for hydroxylation is 1. The molecule has 2 aromatic rings. The second-order valence-electron chi connectivity index (χ2n) is 4.53. The zero-order chi connectivity index (χ0) is 15.4. The first-order valence-corrected chi connectivity index (χ1v) is 6.66. The Morgan fingerprint density at radius 1 is 1.05 bits per heavy atom. The third kappa shape index (κ3) is 2.89. The van der Waals surface area contributed by atoms with E-state index >= 15 is 0 Å². The lowest BCUT2D eigenvalue weighted by Crippen LogP contribution is -2.08. The lowest BCUT2D eigenvalue weighted by Gasteiger charge is -2.12. The van der Waals surface area contributed by atoms with Gasteiger partial charge in [-0.05, 0) is 18.1 Å². The van der Waals surface area contributed by atoms with Crippen molar-refractivity contribution in [1.29, 1.82) is 0 Å². The molecule has 0 aromatic heterocycles. The van der Waals surface area contributed by atoms with Crippen LogP contribution < -0.4 is 9.47 Å². The van der Waals surface area contributed by atoms with E-state index in [1.54, 1.807) is 12.1 Å². The minimum absolute atomic E-state index is 0.0199. The molecule has 0 unspecified atom stereocenters. The van der Waals surface area contributed by atoms with Crippen LogP contribution in [-0.2, 0) is 6.42 Å². The van der Waals surface area contributed by atoms with Crippen LogP contribution in [0.4, 0.5) is 4.39 Å². The molecular weight excluding hydrogens is 271 g/mol. The Hall–Kier alpha value is -2.36. The van der Waals surface area contributed by atoms with E-state index in [-0.39, 0.29) is 17.1 Å². The number of hydrogen-bond donors (Lipinski definition) is 0. The number of carbonyl (C=O) groups is 1. The molecule has 0 aliphatic carbocycles. The molecule has 0 aliphatic rings. The molecule has 0 atom stereocenters. The summed E-state index contributed by atoms with van der Waals surface area (Å²) in [5, 5.41) is 0.